The Morgan fingerprint density at radius 2 is 1.94 bits per heavy atom. The van der Waals surface area contributed by atoms with Crippen LogP contribution in [-0.4, -0.2) is 5.11 Å². The molecule has 0 radical (unpaired) electrons. The van der Waals surface area contributed by atoms with Crippen LogP contribution in [0.25, 0.3) is 0 Å². The number of hydrogen-bond donors (Lipinski definition) is 2. The van der Waals surface area contributed by atoms with E-state index in [0.29, 0.717) is 12.3 Å². The molecule has 3 nitrogen and oxygen atoms in total. The lowest BCUT2D eigenvalue weighted by atomic mass is 10.2. The lowest BCUT2D eigenvalue weighted by molar-refractivity contribution is 0.242. The number of benzene rings is 1. The maximum absolute atomic E-state index is 8.86. The third kappa shape index (κ3) is 3.60. The Labute approximate surface area is 105 Å². The van der Waals surface area contributed by atoms with Crippen molar-refractivity contribution in [3.63, 3.8) is 0 Å². The molecule has 0 saturated carbocycles. The lowest BCUT2D eigenvalue weighted by Crippen LogP contribution is -2.11. The van der Waals surface area contributed by atoms with E-state index < -0.39 is 0 Å². The van der Waals surface area contributed by atoms with Crippen molar-refractivity contribution in [2.24, 2.45) is 0 Å². The predicted molar refractivity (Wildman–Crippen MR) is 66.6 cm³/mol. The highest BCUT2D eigenvalue weighted by molar-refractivity contribution is 6.30. The molecular weight excluding hydrogens is 238 g/mol. The highest BCUT2D eigenvalue weighted by atomic mass is 35.5. The Hall–Kier alpha value is -1.29. The summed E-state index contributed by atoms with van der Waals surface area (Å²) in [7, 11) is 0. The summed E-state index contributed by atoms with van der Waals surface area (Å²) in [6, 6.07) is 11.4. The van der Waals surface area contributed by atoms with Gasteiger partial charge in [0.05, 0.1) is 6.54 Å². The second-order valence-corrected chi connectivity index (χ2v) is 4.20. The average Bonchev–Trinajstić information content (AvgIpc) is 2.77. The second-order valence-electron chi connectivity index (χ2n) is 3.76. The summed E-state index contributed by atoms with van der Waals surface area (Å²) in [5.41, 5.74) is 1.13. The lowest BCUT2D eigenvalue weighted by Gasteiger charge is -2.03. The maximum atomic E-state index is 8.86. The van der Waals surface area contributed by atoms with Gasteiger partial charge in [0.15, 0.2) is 0 Å². The van der Waals surface area contributed by atoms with Gasteiger partial charge in [-0.2, -0.15) is 0 Å². The summed E-state index contributed by atoms with van der Waals surface area (Å²) in [6.07, 6.45) is 0. The van der Waals surface area contributed by atoms with Gasteiger partial charge in [-0.1, -0.05) is 23.7 Å². The molecule has 1 heterocycles. The van der Waals surface area contributed by atoms with E-state index in [0.717, 1.165) is 22.9 Å². The summed E-state index contributed by atoms with van der Waals surface area (Å²) in [4.78, 5) is 0. The summed E-state index contributed by atoms with van der Waals surface area (Å²) in [5, 5.41) is 12.8. The molecule has 4 heteroatoms. The van der Waals surface area contributed by atoms with Crippen LogP contribution in [0.15, 0.2) is 40.8 Å². The Morgan fingerprint density at radius 1 is 1.12 bits per heavy atom. The summed E-state index contributed by atoms with van der Waals surface area (Å²) >= 11 is 5.89. The van der Waals surface area contributed by atoms with Crippen LogP contribution < -0.4 is 5.32 Å². The number of nitrogens with one attached hydrogen (secondary N) is 1. The van der Waals surface area contributed by atoms with Gasteiger partial charge >= 0.3 is 0 Å². The molecule has 90 valence electrons. The molecule has 2 aromatic rings. The second kappa shape index (κ2) is 5.87. The molecule has 0 aliphatic carbocycles. The fourth-order valence-electron chi connectivity index (χ4n) is 1.58. The molecule has 17 heavy (non-hydrogen) atoms. The van der Waals surface area contributed by atoms with Crippen molar-refractivity contribution in [3.05, 3.63) is 58.5 Å². The number of aliphatic hydroxyl groups excluding tert-OH is 1. The van der Waals surface area contributed by atoms with Crippen LogP contribution in [-0.2, 0) is 19.7 Å². The Morgan fingerprint density at radius 3 is 2.65 bits per heavy atom. The fraction of sp³-hybridized carbons (Fsp3) is 0.231. The van der Waals surface area contributed by atoms with Crippen molar-refractivity contribution in [1.29, 1.82) is 0 Å². The zero-order valence-electron chi connectivity index (χ0n) is 9.32. The van der Waals surface area contributed by atoms with Crippen LogP contribution in [0.2, 0.25) is 5.02 Å². The molecule has 0 spiro atoms. The molecule has 0 unspecified atom stereocenters. The molecule has 0 fully saturated rings. The van der Waals surface area contributed by atoms with E-state index in [2.05, 4.69) is 5.32 Å². The Bertz CT molecular complexity index is 482. The van der Waals surface area contributed by atoms with Gasteiger partial charge in [0.1, 0.15) is 18.1 Å². The molecule has 0 aliphatic heterocycles. The van der Waals surface area contributed by atoms with Gasteiger partial charge in [0, 0.05) is 11.6 Å². The number of hydrogen-bond acceptors (Lipinski definition) is 3. The van der Waals surface area contributed by atoms with E-state index in [1.807, 2.05) is 30.3 Å². The van der Waals surface area contributed by atoms with Crippen LogP contribution in [0.1, 0.15) is 17.1 Å². The summed E-state index contributed by atoms with van der Waals surface area (Å²) in [5.74, 6) is 1.40. The van der Waals surface area contributed by atoms with Crippen LogP contribution in [0.4, 0.5) is 0 Å². The topological polar surface area (TPSA) is 45.4 Å². The van der Waals surface area contributed by atoms with Gasteiger partial charge in [-0.15, -0.1) is 0 Å². The Kier molecular flexibility index (Phi) is 4.20. The molecule has 2 N–H and O–H groups in total. The van der Waals surface area contributed by atoms with Crippen LogP contribution in [0, 0.1) is 0 Å². The van der Waals surface area contributed by atoms with Crippen LogP contribution in [0.5, 0.6) is 0 Å². The highest BCUT2D eigenvalue weighted by Gasteiger charge is 2.00. The van der Waals surface area contributed by atoms with Crippen LogP contribution >= 0.6 is 11.6 Å². The first-order valence-electron chi connectivity index (χ1n) is 5.41. The van der Waals surface area contributed by atoms with Crippen molar-refractivity contribution < 1.29 is 9.52 Å². The Balaban J connectivity index is 1.83. The smallest absolute Gasteiger partial charge is 0.129 e. The monoisotopic (exact) mass is 251 g/mol. The van der Waals surface area contributed by atoms with E-state index >= 15 is 0 Å². The van der Waals surface area contributed by atoms with E-state index in [-0.39, 0.29) is 6.61 Å². The first-order valence-corrected chi connectivity index (χ1v) is 5.79. The molecule has 0 atom stereocenters. The third-order valence-electron chi connectivity index (χ3n) is 2.39. The van der Waals surface area contributed by atoms with Gasteiger partial charge in [-0.25, -0.2) is 0 Å². The van der Waals surface area contributed by atoms with Crippen molar-refractivity contribution in [3.8, 4) is 0 Å². The van der Waals surface area contributed by atoms with Gasteiger partial charge in [0.2, 0.25) is 0 Å². The van der Waals surface area contributed by atoms with Gasteiger partial charge < -0.3 is 14.8 Å². The van der Waals surface area contributed by atoms with Crippen molar-refractivity contribution in [2.45, 2.75) is 19.7 Å². The zero-order chi connectivity index (χ0) is 12.1. The third-order valence-corrected chi connectivity index (χ3v) is 2.63. The molecule has 0 bridgehead atoms. The van der Waals surface area contributed by atoms with Crippen molar-refractivity contribution in [1.82, 2.24) is 5.32 Å². The van der Waals surface area contributed by atoms with Crippen molar-refractivity contribution in [2.75, 3.05) is 0 Å². The molecule has 0 aliphatic rings. The van der Waals surface area contributed by atoms with E-state index in [9.17, 15) is 0 Å². The average molecular weight is 252 g/mol. The zero-order valence-corrected chi connectivity index (χ0v) is 10.1. The van der Waals surface area contributed by atoms with Gasteiger partial charge in [-0.05, 0) is 29.8 Å². The molecule has 2 rings (SSSR count). The quantitative estimate of drug-likeness (QED) is 0.859. The first kappa shape index (κ1) is 12.2. The maximum Gasteiger partial charge on any atom is 0.129 e. The normalized spacial score (nSPS) is 10.7. The standard InChI is InChI=1S/C13H14ClNO2/c14-11-3-1-2-10(6-11)7-15-8-12-4-5-13(9-16)17-12/h1-6,15-16H,7-9H2. The molecule has 1 aromatic carbocycles. The number of aliphatic hydroxyl groups is 1. The van der Waals surface area contributed by atoms with Crippen LogP contribution in [0.3, 0.4) is 0 Å². The van der Waals surface area contributed by atoms with E-state index in [1.54, 1.807) is 6.07 Å². The predicted octanol–water partition coefficient (Wildman–Crippen LogP) is 2.72. The van der Waals surface area contributed by atoms with Gasteiger partial charge in [-0.3, -0.25) is 0 Å². The van der Waals surface area contributed by atoms with Gasteiger partial charge in [0.25, 0.3) is 0 Å². The molecule has 0 amide bonds. The number of halogens is 1. The van der Waals surface area contributed by atoms with E-state index in [1.165, 1.54) is 0 Å². The molecular formula is C13H14ClNO2. The molecule has 1 aromatic heterocycles. The summed E-state index contributed by atoms with van der Waals surface area (Å²) in [6.45, 7) is 1.30. The molecule has 0 saturated heterocycles. The number of rotatable bonds is 5. The minimum Gasteiger partial charge on any atom is -0.462 e. The summed E-state index contributed by atoms with van der Waals surface area (Å²) < 4.78 is 5.36. The van der Waals surface area contributed by atoms with E-state index in [4.69, 9.17) is 21.1 Å². The largest absolute Gasteiger partial charge is 0.462 e. The minimum atomic E-state index is -0.0612. The fourth-order valence-corrected chi connectivity index (χ4v) is 1.79. The van der Waals surface area contributed by atoms with Crippen molar-refractivity contribution >= 4 is 11.6 Å². The number of furan rings is 1. The minimum absolute atomic E-state index is 0.0612. The SMILES string of the molecule is OCc1ccc(CNCc2cccc(Cl)c2)o1. The first-order chi connectivity index (χ1) is 8.28. The highest BCUT2D eigenvalue weighted by Crippen LogP contribution is 2.11.